The monoisotopic (exact) mass is 234 g/mol. The standard InChI is InChI=1S/C14H18O3/c1-4-16-13(15)12-14(17-12,10(2)3)11-8-6-5-7-9-11/h5-10,12H,4H2,1-3H3. The lowest BCUT2D eigenvalue weighted by Crippen LogP contribution is -2.26. The molecule has 0 bridgehead atoms. The van der Waals surface area contributed by atoms with E-state index in [0.717, 1.165) is 5.56 Å². The Labute approximate surface area is 102 Å². The molecular formula is C14H18O3. The molecular weight excluding hydrogens is 216 g/mol. The highest BCUT2D eigenvalue weighted by Gasteiger charge is 2.64. The van der Waals surface area contributed by atoms with Gasteiger partial charge in [0.2, 0.25) is 0 Å². The van der Waals surface area contributed by atoms with Crippen LogP contribution in [-0.4, -0.2) is 18.7 Å². The zero-order valence-corrected chi connectivity index (χ0v) is 10.5. The van der Waals surface area contributed by atoms with E-state index in [2.05, 4.69) is 13.8 Å². The molecule has 17 heavy (non-hydrogen) atoms. The van der Waals surface area contributed by atoms with Crippen LogP contribution in [0.1, 0.15) is 26.3 Å². The van der Waals surface area contributed by atoms with Gasteiger partial charge in [-0.05, 0) is 18.4 Å². The van der Waals surface area contributed by atoms with Crippen molar-refractivity contribution < 1.29 is 14.3 Å². The Morgan fingerprint density at radius 3 is 2.59 bits per heavy atom. The molecule has 1 aliphatic heterocycles. The summed E-state index contributed by atoms with van der Waals surface area (Å²) < 4.78 is 10.7. The van der Waals surface area contributed by atoms with E-state index in [1.165, 1.54) is 0 Å². The molecule has 0 spiro atoms. The van der Waals surface area contributed by atoms with Crippen LogP contribution in [0, 0.1) is 5.92 Å². The third-order valence-corrected chi connectivity index (χ3v) is 3.23. The predicted octanol–water partition coefficient (Wildman–Crippen LogP) is 2.50. The van der Waals surface area contributed by atoms with E-state index in [4.69, 9.17) is 9.47 Å². The highest BCUT2D eigenvalue weighted by Crippen LogP contribution is 2.52. The van der Waals surface area contributed by atoms with Crippen molar-refractivity contribution in [2.45, 2.75) is 32.5 Å². The van der Waals surface area contributed by atoms with Crippen molar-refractivity contribution in [2.75, 3.05) is 6.61 Å². The van der Waals surface area contributed by atoms with E-state index in [9.17, 15) is 4.79 Å². The summed E-state index contributed by atoms with van der Waals surface area (Å²) in [6, 6.07) is 9.88. The van der Waals surface area contributed by atoms with Crippen LogP contribution in [0.5, 0.6) is 0 Å². The van der Waals surface area contributed by atoms with Crippen molar-refractivity contribution in [3.05, 3.63) is 35.9 Å². The molecule has 1 aliphatic rings. The van der Waals surface area contributed by atoms with Crippen LogP contribution in [0.3, 0.4) is 0 Å². The maximum absolute atomic E-state index is 11.8. The Bertz CT molecular complexity index is 399. The second-order valence-electron chi connectivity index (χ2n) is 4.56. The van der Waals surface area contributed by atoms with Gasteiger partial charge in [-0.3, -0.25) is 0 Å². The van der Waals surface area contributed by atoms with Gasteiger partial charge in [0.25, 0.3) is 0 Å². The fraction of sp³-hybridized carbons (Fsp3) is 0.500. The van der Waals surface area contributed by atoms with Crippen molar-refractivity contribution in [3.8, 4) is 0 Å². The van der Waals surface area contributed by atoms with E-state index < -0.39 is 11.7 Å². The molecule has 1 heterocycles. The molecule has 3 nitrogen and oxygen atoms in total. The van der Waals surface area contributed by atoms with Crippen molar-refractivity contribution in [2.24, 2.45) is 5.92 Å². The van der Waals surface area contributed by atoms with Gasteiger partial charge in [-0.15, -0.1) is 0 Å². The summed E-state index contributed by atoms with van der Waals surface area (Å²) in [6.07, 6.45) is -0.454. The summed E-state index contributed by atoms with van der Waals surface area (Å²) >= 11 is 0. The van der Waals surface area contributed by atoms with Crippen LogP contribution >= 0.6 is 0 Å². The molecule has 92 valence electrons. The first-order valence-electron chi connectivity index (χ1n) is 6.03. The minimum absolute atomic E-state index is 0.235. The van der Waals surface area contributed by atoms with Crippen LogP contribution in [0.2, 0.25) is 0 Å². The number of carbonyl (C=O) groups is 1. The molecule has 0 saturated carbocycles. The SMILES string of the molecule is CCOC(=O)C1OC1(c1ccccc1)C(C)C. The molecule has 2 rings (SSSR count). The van der Waals surface area contributed by atoms with Crippen LogP contribution in [0.4, 0.5) is 0 Å². The largest absolute Gasteiger partial charge is 0.464 e. The van der Waals surface area contributed by atoms with Gasteiger partial charge in [0.1, 0.15) is 5.60 Å². The Morgan fingerprint density at radius 2 is 2.06 bits per heavy atom. The number of rotatable bonds is 4. The van der Waals surface area contributed by atoms with Gasteiger partial charge in [0.15, 0.2) is 6.10 Å². The molecule has 1 fully saturated rings. The lowest BCUT2D eigenvalue weighted by molar-refractivity contribution is -0.144. The van der Waals surface area contributed by atoms with Crippen LogP contribution in [-0.2, 0) is 19.9 Å². The molecule has 2 atom stereocenters. The molecule has 0 aliphatic carbocycles. The minimum Gasteiger partial charge on any atom is -0.464 e. The zero-order chi connectivity index (χ0) is 12.5. The average Bonchev–Trinajstić information content (AvgIpc) is 3.07. The minimum atomic E-state index is -0.493. The number of epoxide rings is 1. The third-order valence-electron chi connectivity index (χ3n) is 3.23. The van der Waals surface area contributed by atoms with E-state index in [1.54, 1.807) is 6.92 Å². The third kappa shape index (κ3) is 1.95. The molecule has 2 unspecified atom stereocenters. The molecule has 1 aromatic carbocycles. The van der Waals surface area contributed by atoms with Crippen molar-refractivity contribution in [3.63, 3.8) is 0 Å². The number of benzene rings is 1. The van der Waals surface area contributed by atoms with Gasteiger partial charge >= 0.3 is 5.97 Å². The smallest absolute Gasteiger partial charge is 0.338 e. The average molecular weight is 234 g/mol. The van der Waals surface area contributed by atoms with Crippen LogP contribution < -0.4 is 0 Å². The topological polar surface area (TPSA) is 38.8 Å². The fourth-order valence-corrected chi connectivity index (χ4v) is 2.29. The molecule has 0 amide bonds. The molecule has 0 radical (unpaired) electrons. The summed E-state index contributed by atoms with van der Waals surface area (Å²) in [7, 11) is 0. The lowest BCUT2D eigenvalue weighted by Gasteiger charge is -2.17. The maximum atomic E-state index is 11.8. The molecule has 0 N–H and O–H groups in total. The van der Waals surface area contributed by atoms with E-state index in [0.29, 0.717) is 6.61 Å². The Balaban J connectivity index is 2.24. The van der Waals surface area contributed by atoms with E-state index >= 15 is 0 Å². The summed E-state index contributed by atoms with van der Waals surface area (Å²) in [5.41, 5.74) is 0.557. The van der Waals surface area contributed by atoms with Gasteiger partial charge < -0.3 is 9.47 Å². The lowest BCUT2D eigenvalue weighted by atomic mass is 9.85. The summed E-state index contributed by atoms with van der Waals surface area (Å²) in [4.78, 5) is 11.8. The predicted molar refractivity (Wildman–Crippen MR) is 64.5 cm³/mol. The first-order chi connectivity index (χ1) is 8.13. The second-order valence-corrected chi connectivity index (χ2v) is 4.56. The Hall–Kier alpha value is -1.35. The van der Waals surface area contributed by atoms with Crippen LogP contribution in [0.15, 0.2) is 30.3 Å². The van der Waals surface area contributed by atoms with E-state index in [1.807, 2.05) is 30.3 Å². The van der Waals surface area contributed by atoms with Crippen molar-refractivity contribution >= 4 is 5.97 Å². The van der Waals surface area contributed by atoms with Gasteiger partial charge in [0, 0.05) is 0 Å². The second kappa shape index (κ2) is 4.49. The molecule has 0 aromatic heterocycles. The number of hydrogen-bond donors (Lipinski definition) is 0. The van der Waals surface area contributed by atoms with Crippen molar-refractivity contribution in [1.82, 2.24) is 0 Å². The number of esters is 1. The number of hydrogen-bond acceptors (Lipinski definition) is 3. The van der Waals surface area contributed by atoms with E-state index in [-0.39, 0.29) is 11.9 Å². The van der Waals surface area contributed by atoms with Gasteiger partial charge in [-0.2, -0.15) is 0 Å². The molecule has 3 heteroatoms. The summed E-state index contributed by atoms with van der Waals surface area (Å²) in [5.74, 6) is -0.0237. The summed E-state index contributed by atoms with van der Waals surface area (Å²) in [5, 5.41) is 0. The van der Waals surface area contributed by atoms with Gasteiger partial charge in [-0.1, -0.05) is 44.2 Å². The van der Waals surface area contributed by atoms with Crippen molar-refractivity contribution in [1.29, 1.82) is 0 Å². The number of ether oxygens (including phenoxy) is 2. The highest BCUT2D eigenvalue weighted by molar-refractivity contribution is 5.80. The molecule has 1 aromatic rings. The first kappa shape index (κ1) is 12.1. The van der Waals surface area contributed by atoms with Gasteiger partial charge in [0.05, 0.1) is 6.61 Å². The summed E-state index contributed by atoms with van der Waals surface area (Å²) in [6.45, 7) is 6.32. The highest BCUT2D eigenvalue weighted by atomic mass is 16.7. The Morgan fingerprint density at radius 1 is 1.41 bits per heavy atom. The fourth-order valence-electron chi connectivity index (χ4n) is 2.29. The van der Waals surface area contributed by atoms with Gasteiger partial charge in [-0.25, -0.2) is 4.79 Å². The Kier molecular flexibility index (Phi) is 3.20. The molecule has 1 saturated heterocycles. The first-order valence-corrected chi connectivity index (χ1v) is 6.03. The quantitative estimate of drug-likeness (QED) is 0.593. The normalized spacial score (nSPS) is 26.9. The van der Waals surface area contributed by atoms with Crippen LogP contribution in [0.25, 0.3) is 0 Å². The maximum Gasteiger partial charge on any atom is 0.338 e. The zero-order valence-electron chi connectivity index (χ0n) is 10.5. The number of carbonyl (C=O) groups excluding carboxylic acids is 1.